The molecule has 5 nitrogen and oxygen atoms in total. The molecule has 0 spiro atoms. The lowest BCUT2D eigenvalue weighted by atomic mass is 10.1. The predicted octanol–water partition coefficient (Wildman–Crippen LogP) is 4.85. The Kier molecular flexibility index (Phi) is 4.90. The van der Waals surface area contributed by atoms with E-state index in [-0.39, 0.29) is 4.90 Å². The molecule has 0 aliphatic heterocycles. The maximum absolute atomic E-state index is 11.8. The fraction of sp³-hybridized carbons (Fsp3) is 0.0455. The van der Waals surface area contributed by atoms with Crippen LogP contribution in [0.15, 0.2) is 83.8 Å². The van der Waals surface area contributed by atoms with Gasteiger partial charge in [0, 0.05) is 28.1 Å². The Morgan fingerprint density at radius 1 is 0.931 bits per heavy atom. The van der Waals surface area contributed by atoms with E-state index < -0.39 is 9.84 Å². The average Bonchev–Trinajstić information content (AvgIpc) is 3.13. The Labute approximate surface area is 174 Å². The van der Waals surface area contributed by atoms with Crippen LogP contribution in [-0.2, 0) is 9.84 Å². The monoisotopic (exact) mass is 423 g/mol. The highest BCUT2D eigenvalue weighted by Gasteiger charge is 2.16. The van der Waals surface area contributed by atoms with Gasteiger partial charge in [0.15, 0.2) is 9.84 Å². The molecule has 0 atom stereocenters. The molecule has 0 unspecified atom stereocenters. The first-order valence-electron chi connectivity index (χ1n) is 8.84. The summed E-state index contributed by atoms with van der Waals surface area (Å²) in [6.45, 7) is 0. The summed E-state index contributed by atoms with van der Waals surface area (Å²) in [5, 5.41) is 5.41. The Balaban J connectivity index is 1.89. The summed E-state index contributed by atoms with van der Waals surface area (Å²) in [5.41, 5.74) is 10.9. The minimum Gasteiger partial charge on any atom is -0.398 e. The molecule has 146 valence electrons. The molecule has 1 heterocycles. The molecule has 3 aromatic carbocycles. The van der Waals surface area contributed by atoms with Gasteiger partial charge in [-0.2, -0.15) is 5.10 Å². The molecule has 0 fully saturated rings. The van der Waals surface area contributed by atoms with Crippen LogP contribution in [0.1, 0.15) is 0 Å². The number of hydrogen-bond acceptors (Lipinski definition) is 4. The molecule has 2 N–H and O–H groups in total. The van der Waals surface area contributed by atoms with Crippen molar-refractivity contribution in [2.24, 2.45) is 0 Å². The first-order valence-corrected chi connectivity index (χ1v) is 11.1. The van der Waals surface area contributed by atoms with E-state index >= 15 is 0 Å². The van der Waals surface area contributed by atoms with Gasteiger partial charge < -0.3 is 5.73 Å². The van der Waals surface area contributed by atoms with Crippen molar-refractivity contribution in [3.05, 3.63) is 83.9 Å². The van der Waals surface area contributed by atoms with Crippen LogP contribution in [0.3, 0.4) is 0 Å². The van der Waals surface area contributed by atoms with E-state index in [9.17, 15) is 8.42 Å². The molecule has 0 bridgehead atoms. The number of nitrogen functional groups attached to an aromatic ring is 1. The largest absolute Gasteiger partial charge is 0.398 e. The zero-order valence-corrected chi connectivity index (χ0v) is 17.2. The van der Waals surface area contributed by atoms with E-state index in [1.54, 1.807) is 28.9 Å². The highest BCUT2D eigenvalue weighted by molar-refractivity contribution is 7.90. The Morgan fingerprint density at radius 3 is 2.21 bits per heavy atom. The minimum absolute atomic E-state index is 0.257. The molecule has 0 amide bonds. The third kappa shape index (κ3) is 3.90. The molecular weight excluding hydrogens is 406 g/mol. The maximum Gasteiger partial charge on any atom is 0.175 e. The van der Waals surface area contributed by atoms with Crippen molar-refractivity contribution >= 4 is 27.1 Å². The SMILES string of the molecule is CS(=O)(=O)c1ccc(-n2nc(-c3ccc(Cl)cc3)cc2-c2ccccc2N)cc1. The van der Waals surface area contributed by atoms with Crippen molar-refractivity contribution in [2.75, 3.05) is 12.0 Å². The topological polar surface area (TPSA) is 78.0 Å². The number of halogens is 1. The molecule has 4 aromatic rings. The normalized spacial score (nSPS) is 11.5. The van der Waals surface area contributed by atoms with Gasteiger partial charge in [0.05, 0.1) is 22.0 Å². The Morgan fingerprint density at radius 2 is 1.59 bits per heavy atom. The molecular formula is C22H18ClN3O2S. The van der Waals surface area contributed by atoms with Gasteiger partial charge in [-0.15, -0.1) is 0 Å². The van der Waals surface area contributed by atoms with Gasteiger partial charge in [-0.3, -0.25) is 0 Å². The minimum atomic E-state index is -3.27. The van der Waals surface area contributed by atoms with Crippen molar-refractivity contribution in [3.63, 3.8) is 0 Å². The lowest BCUT2D eigenvalue weighted by Gasteiger charge is -2.10. The van der Waals surface area contributed by atoms with Crippen LogP contribution in [0.5, 0.6) is 0 Å². The summed E-state index contributed by atoms with van der Waals surface area (Å²) >= 11 is 6.01. The summed E-state index contributed by atoms with van der Waals surface area (Å²) in [6, 6.07) is 23.6. The van der Waals surface area contributed by atoms with Crippen LogP contribution in [0.25, 0.3) is 28.2 Å². The average molecular weight is 424 g/mol. The van der Waals surface area contributed by atoms with E-state index in [0.717, 1.165) is 28.2 Å². The summed E-state index contributed by atoms with van der Waals surface area (Å²) in [5.74, 6) is 0. The van der Waals surface area contributed by atoms with E-state index in [1.165, 1.54) is 6.26 Å². The summed E-state index contributed by atoms with van der Waals surface area (Å²) in [7, 11) is -3.27. The number of rotatable bonds is 4. The first-order chi connectivity index (χ1) is 13.8. The fourth-order valence-electron chi connectivity index (χ4n) is 3.10. The number of aromatic nitrogens is 2. The van der Waals surface area contributed by atoms with E-state index in [1.807, 2.05) is 54.6 Å². The van der Waals surface area contributed by atoms with Gasteiger partial charge in [0.2, 0.25) is 0 Å². The van der Waals surface area contributed by atoms with Crippen LogP contribution >= 0.6 is 11.6 Å². The zero-order valence-electron chi connectivity index (χ0n) is 15.6. The maximum atomic E-state index is 11.8. The molecule has 0 saturated heterocycles. The van der Waals surface area contributed by atoms with Gasteiger partial charge in [0.25, 0.3) is 0 Å². The van der Waals surface area contributed by atoms with E-state index in [2.05, 4.69) is 0 Å². The lowest BCUT2D eigenvalue weighted by Crippen LogP contribution is -2.02. The van der Waals surface area contributed by atoms with E-state index in [4.69, 9.17) is 22.4 Å². The lowest BCUT2D eigenvalue weighted by molar-refractivity contribution is 0.602. The highest BCUT2D eigenvalue weighted by Crippen LogP contribution is 2.32. The highest BCUT2D eigenvalue weighted by atomic mass is 35.5. The molecule has 0 saturated carbocycles. The fourth-order valence-corrected chi connectivity index (χ4v) is 3.85. The molecule has 1 aromatic heterocycles. The van der Waals surface area contributed by atoms with Crippen LogP contribution in [0, 0.1) is 0 Å². The Hall–Kier alpha value is -3.09. The zero-order chi connectivity index (χ0) is 20.6. The van der Waals surface area contributed by atoms with Crippen LogP contribution < -0.4 is 5.73 Å². The van der Waals surface area contributed by atoms with Crippen LogP contribution in [-0.4, -0.2) is 24.5 Å². The third-order valence-corrected chi connectivity index (χ3v) is 5.98. The number of sulfone groups is 1. The number of para-hydroxylation sites is 1. The first kappa shape index (κ1) is 19.2. The number of benzene rings is 3. The van der Waals surface area contributed by atoms with Gasteiger partial charge in [0.1, 0.15) is 0 Å². The van der Waals surface area contributed by atoms with Gasteiger partial charge >= 0.3 is 0 Å². The summed E-state index contributed by atoms with van der Waals surface area (Å²) in [6.07, 6.45) is 1.19. The number of anilines is 1. The van der Waals surface area contributed by atoms with E-state index in [0.29, 0.717) is 10.7 Å². The molecule has 0 aliphatic carbocycles. The molecule has 0 aliphatic rings. The van der Waals surface area contributed by atoms with Crippen LogP contribution in [0.2, 0.25) is 5.02 Å². The molecule has 0 radical (unpaired) electrons. The second-order valence-electron chi connectivity index (χ2n) is 6.69. The number of nitrogens with zero attached hydrogens (tertiary/aromatic N) is 2. The van der Waals surface area contributed by atoms with Crippen molar-refractivity contribution < 1.29 is 8.42 Å². The smallest absolute Gasteiger partial charge is 0.175 e. The van der Waals surface area contributed by atoms with Crippen molar-refractivity contribution in [3.8, 4) is 28.2 Å². The number of nitrogens with two attached hydrogens (primary N) is 1. The summed E-state index contributed by atoms with van der Waals surface area (Å²) < 4.78 is 25.3. The van der Waals surface area contributed by atoms with Crippen molar-refractivity contribution in [2.45, 2.75) is 4.90 Å². The van der Waals surface area contributed by atoms with Crippen molar-refractivity contribution in [1.29, 1.82) is 0 Å². The number of hydrogen-bond donors (Lipinski definition) is 1. The second kappa shape index (κ2) is 7.39. The quantitative estimate of drug-likeness (QED) is 0.476. The third-order valence-electron chi connectivity index (χ3n) is 4.60. The standard InChI is InChI=1S/C22H18ClN3O2S/c1-29(27,28)18-12-10-17(11-13-18)26-22(19-4-2-3-5-20(19)24)14-21(25-26)15-6-8-16(23)9-7-15/h2-14H,24H2,1H3. The predicted molar refractivity (Wildman–Crippen MR) is 117 cm³/mol. The van der Waals surface area contributed by atoms with Gasteiger partial charge in [-0.1, -0.05) is 41.9 Å². The summed E-state index contributed by atoms with van der Waals surface area (Å²) in [4.78, 5) is 0.257. The van der Waals surface area contributed by atoms with Gasteiger partial charge in [-0.25, -0.2) is 13.1 Å². The van der Waals surface area contributed by atoms with Gasteiger partial charge in [-0.05, 0) is 48.5 Å². The molecule has 4 rings (SSSR count). The molecule has 29 heavy (non-hydrogen) atoms. The van der Waals surface area contributed by atoms with Crippen LogP contribution in [0.4, 0.5) is 5.69 Å². The van der Waals surface area contributed by atoms with Crippen molar-refractivity contribution in [1.82, 2.24) is 9.78 Å². The Bertz CT molecular complexity index is 1280. The second-order valence-corrected chi connectivity index (χ2v) is 9.14. The molecule has 7 heteroatoms.